The van der Waals surface area contributed by atoms with Crippen molar-refractivity contribution in [3.8, 4) is 17.0 Å². The maximum Gasteiger partial charge on any atom is 0.143 e. The first-order chi connectivity index (χ1) is 11.7. The first kappa shape index (κ1) is 14.3. The summed E-state index contributed by atoms with van der Waals surface area (Å²) in [6, 6.07) is 21.3. The van der Waals surface area contributed by atoms with Crippen molar-refractivity contribution in [3.05, 3.63) is 78.5 Å². The second-order valence-electron chi connectivity index (χ2n) is 5.75. The number of nitrogens with zero attached hydrogens (tertiary/aromatic N) is 2. The third-order valence-corrected chi connectivity index (χ3v) is 4.00. The number of anilines is 2. The number of aromatic hydroxyl groups is 1. The average molecular weight is 315 g/mol. The number of pyridine rings is 1. The van der Waals surface area contributed by atoms with Crippen molar-refractivity contribution in [2.45, 2.75) is 6.92 Å². The fraction of sp³-hybridized carbons (Fsp3) is 0.0500. The summed E-state index contributed by atoms with van der Waals surface area (Å²) < 4.78 is 1.99. The number of fused-ring (bicyclic) bond motifs is 1. The maximum absolute atomic E-state index is 10.2. The Labute approximate surface area is 140 Å². The minimum Gasteiger partial charge on any atom is -0.507 e. The van der Waals surface area contributed by atoms with Crippen LogP contribution in [0.2, 0.25) is 0 Å². The number of nitrogens with one attached hydrogen (secondary N) is 1. The molecule has 2 N–H and O–H groups in total. The normalized spacial score (nSPS) is 10.9. The van der Waals surface area contributed by atoms with Gasteiger partial charge in [0.2, 0.25) is 0 Å². The molecule has 0 saturated carbocycles. The van der Waals surface area contributed by atoms with Crippen molar-refractivity contribution < 1.29 is 5.11 Å². The zero-order valence-electron chi connectivity index (χ0n) is 13.3. The second-order valence-corrected chi connectivity index (χ2v) is 5.75. The molecule has 0 aliphatic heterocycles. The monoisotopic (exact) mass is 315 g/mol. The lowest BCUT2D eigenvalue weighted by atomic mass is 10.1. The Balaban J connectivity index is 1.90. The molecule has 0 unspecified atom stereocenters. The van der Waals surface area contributed by atoms with Crippen LogP contribution in [0.5, 0.6) is 5.75 Å². The SMILES string of the molecule is Cc1ccc(Nc2c(-c3ccccc3O)nc3ccccn23)cc1. The quantitative estimate of drug-likeness (QED) is 0.573. The summed E-state index contributed by atoms with van der Waals surface area (Å²) in [4.78, 5) is 4.70. The van der Waals surface area contributed by atoms with Gasteiger partial charge >= 0.3 is 0 Å². The van der Waals surface area contributed by atoms with Crippen LogP contribution >= 0.6 is 0 Å². The van der Waals surface area contributed by atoms with Crippen LogP contribution in [-0.4, -0.2) is 14.5 Å². The van der Waals surface area contributed by atoms with E-state index in [2.05, 4.69) is 24.4 Å². The van der Waals surface area contributed by atoms with Crippen molar-refractivity contribution in [1.82, 2.24) is 9.38 Å². The highest BCUT2D eigenvalue weighted by Gasteiger charge is 2.16. The van der Waals surface area contributed by atoms with Gasteiger partial charge in [0, 0.05) is 17.4 Å². The van der Waals surface area contributed by atoms with Gasteiger partial charge in [-0.1, -0.05) is 35.9 Å². The third kappa shape index (κ3) is 2.48. The van der Waals surface area contributed by atoms with Crippen LogP contribution in [0.15, 0.2) is 72.9 Å². The number of rotatable bonds is 3. The van der Waals surface area contributed by atoms with Gasteiger partial charge in [0.25, 0.3) is 0 Å². The molecule has 2 aromatic heterocycles. The molecule has 4 heteroatoms. The fourth-order valence-electron chi connectivity index (χ4n) is 2.75. The second kappa shape index (κ2) is 5.74. The van der Waals surface area contributed by atoms with Gasteiger partial charge in [-0.25, -0.2) is 4.98 Å². The smallest absolute Gasteiger partial charge is 0.143 e. The molecule has 4 nitrogen and oxygen atoms in total. The topological polar surface area (TPSA) is 49.6 Å². The molecule has 2 heterocycles. The minimum absolute atomic E-state index is 0.216. The van der Waals surface area contributed by atoms with Gasteiger partial charge in [-0.15, -0.1) is 0 Å². The molecule has 0 amide bonds. The largest absolute Gasteiger partial charge is 0.507 e. The van der Waals surface area contributed by atoms with E-state index in [1.54, 1.807) is 6.07 Å². The number of para-hydroxylation sites is 1. The Morgan fingerprint density at radius 1 is 0.917 bits per heavy atom. The van der Waals surface area contributed by atoms with Crippen LogP contribution in [0.3, 0.4) is 0 Å². The number of imidazole rings is 1. The number of benzene rings is 2. The molecule has 0 aliphatic carbocycles. The standard InChI is InChI=1S/C20H17N3O/c1-14-9-11-15(12-10-14)21-20-19(16-6-2-3-7-17(16)24)22-18-8-4-5-13-23(18)20/h2-13,21,24H,1H3. The molecule has 118 valence electrons. The Bertz CT molecular complexity index is 1000. The van der Waals surface area contributed by atoms with E-state index in [9.17, 15) is 5.11 Å². The zero-order chi connectivity index (χ0) is 16.5. The summed E-state index contributed by atoms with van der Waals surface area (Å²) in [6.45, 7) is 2.06. The van der Waals surface area contributed by atoms with Gasteiger partial charge in [-0.2, -0.15) is 0 Å². The lowest BCUT2D eigenvalue weighted by Crippen LogP contribution is -1.96. The number of hydrogen-bond acceptors (Lipinski definition) is 3. The van der Waals surface area contributed by atoms with Crippen LogP contribution in [0.25, 0.3) is 16.9 Å². The van der Waals surface area contributed by atoms with Crippen LogP contribution in [0.4, 0.5) is 11.5 Å². The average Bonchev–Trinajstić information content (AvgIpc) is 2.96. The van der Waals surface area contributed by atoms with Gasteiger partial charge in [-0.3, -0.25) is 4.40 Å². The molecule has 0 spiro atoms. The van der Waals surface area contributed by atoms with E-state index < -0.39 is 0 Å². The predicted molar refractivity (Wildman–Crippen MR) is 96.8 cm³/mol. The van der Waals surface area contributed by atoms with Gasteiger partial charge in [0.05, 0.1) is 0 Å². The van der Waals surface area contributed by atoms with Gasteiger partial charge in [-0.05, 0) is 43.3 Å². The summed E-state index contributed by atoms with van der Waals surface area (Å²) in [5, 5.41) is 13.7. The molecule has 4 rings (SSSR count). The third-order valence-electron chi connectivity index (χ3n) is 4.00. The summed E-state index contributed by atoms with van der Waals surface area (Å²) in [5.74, 6) is 1.05. The first-order valence-electron chi connectivity index (χ1n) is 7.81. The van der Waals surface area contributed by atoms with Crippen molar-refractivity contribution in [2.24, 2.45) is 0 Å². The van der Waals surface area contributed by atoms with E-state index in [1.165, 1.54) is 5.56 Å². The maximum atomic E-state index is 10.2. The Hall–Kier alpha value is -3.27. The predicted octanol–water partition coefficient (Wildman–Crippen LogP) is 4.76. The number of aromatic nitrogens is 2. The Morgan fingerprint density at radius 2 is 1.67 bits per heavy atom. The molecule has 0 fully saturated rings. The summed E-state index contributed by atoms with van der Waals surface area (Å²) in [6.07, 6.45) is 1.96. The van der Waals surface area contributed by atoms with Gasteiger partial charge < -0.3 is 10.4 Å². The van der Waals surface area contributed by atoms with Gasteiger partial charge in [0.1, 0.15) is 22.9 Å². The molecule has 0 saturated heterocycles. The Kier molecular flexibility index (Phi) is 3.43. The van der Waals surface area contributed by atoms with Crippen molar-refractivity contribution >= 4 is 17.2 Å². The van der Waals surface area contributed by atoms with E-state index in [1.807, 2.05) is 59.1 Å². The first-order valence-corrected chi connectivity index (χ1v) is 7.81. The zero-order valence-corrected chi connectivity index (χ0v) is 13.3. The molecule has 0 aliphatic rings. The lowest BCUT2D eigenvalue weighted by molar-refractivity contribution is 0.477. The van der Waals surface area contributed by atoms with Crippen molar-refractivity contribution in [3.63, 3.8) is 0 Å². The van der Waals surface area contributed by atoms with Crippen LogP contribution < -0.4 is 5.32 Å². The van der Waals surface area contributed by atoms with Crippen LogP contribution in [-0.2, 0) is 0 Å². The van der Waals surface area contributed by atoms with E-state index >= 15 is 0 Å². The Morgan fingerprint density at radius 3 is 2.46 bits per heavy atom. The van der Waals surface area contributed by atoms with Gasteiger partial charge in [0.15, 0.2) is 0 Å². The fourth-order valence-corrected chi connectivity index (χ4v) is 2.75. The minimum atomic E-state index is 0.216. The summed E-state index contributed by atoms with van der Waals surface area (Å²) in [5.41, 5.74) is 4.43. The highest BCUT2D eigenvalue weighted by Crippen LogP contribution is 2.35. The van der Waals surface area contributed by atoms with Crippen LogP contribution in [0.1, 0.15) is 5.56 Å². The van der Waals surface area contributed by atoms with Crippen molar-refractivity contribution in [1.29, 1.82) is 0 Å². The van der Waals surface area contributed by atoms with E-state index in [4.69, 9.17) is 4.98 Å². The highest BCUT2D eigenvalue weighted by atomic mass is 16.3. The molecule has 0 bridgehead atoms. The molecule has 0 radical (unpaired) electrons. The molecular weight excluding hydrogens is 298 g/mol. The van der Waals surface area contributed by atoms with E-state index in [0.717, 1.165) is 22.8 Å². The number of phenols is 1. The number of aryl methyl sites for hydroxylation is 1. The molecule has 4 aromatic rings. The summed E-state index contributed by atoms with van der Waals surface area (Å²) >= 11 is 0. The van der Waals surface area contributed by atoms with Crippen molar-refractivity contribution in [2.75, 3.05) is 5.32 Å². The summed E-state index contributed by atoms with van der Waals surface area (Å²) in [7, 11) is 0. The van der Waals surface area contributed by atoms with Crippen LogP contribution in [0, 0.1) is 6.92 Å². The molecule has 2 aromatic carbocycles. The number of hydrogen-bond donors (Lipinski definition) is 2. The number of phenolic OH excluding ortho intramolecular Hbond substituents is 1. The highest BCUT2D eigenvalue weighted by molar-refractivity contribution is 5.82. The van der Waals surface area contributed by atoms with E-state index in [0.29, 0.717) is 5.56 Å². The molecular formula is C20H17N3O. The molecule has 0 atom stereocenters. The van der Waals surface area contributed by atoms with E-state index in [-0.39, 0.29) is 5.75 Å². The lowest BCUT2D eigenvalue weighted by Gasteiger charge is -2.10. The molecule has 24 heavy (non-hydrogen) atoms.